The number of nitrogens with zero attached hydrogens (tertiary/aromatic N) is 2. The number of carbonyl (C=O) groups excluding carboxylic acids is 1. The molecule has 2 rings (SSSR count). The highest BCUT2D eigenvalue weighted by molar-refractivity contribution is 5.93. The van der Waals surface area contributed by atoms with Gasteiger partial charge in [-0.1, -0.05) is 19.8 Å². The fraction of sp³-hybridized carbons (Fsp3) is 0.667. The van der Waals surface area contributed by atoms with Crippen LogP contribution in [0.15, 0.2) is 6.07 Å². The lowest BCUT2D eigenvalue weighted by Gasteiger charge is -2.23. The van der Waals surface area contributed by atoms with Crippen LogP contribution in [0.5, 0.6) is 0 Å². The SMILES string of the molecule is CCc1cc(C(=O)NCC2(C(=O)O)CCCC2)n(CC)n1. The Bertz CT molecular complexity index is 530. The van der Waals surface area contributed by atoms with Gasteiger partial charge < -0.3 is 10.4 Å². The number of carboxylic acids is 1. The van der Waals surface area contributed by atoms with Gasteiger partial charge in [0.1, 0.15) is 5.69 Å². The summed E-state index contributed by atoms with van der Waals surface area (Å²) in [4.78, 5) is 23.8. The van der Waals surface area contributed by atoms with Crippen LogP contribution in [0.3, 0.4) is 0 Å². The molecule has 1 aromatic rings. The molecule has 0 unspecified atom stereocenters. The first-order valence-electron chi connectivity index (χ1n) is 7.60. The van der Waals surface area contributed by atoms with Gasteiger partial charge in [-0.15, -0.1) is 0 Å². The molecule has 6 nitrogen and oxygen atoms in total. The number of hydrogen-bond donors (Lipinski definition) is 2. The van der Waals surface area contributed by atoms with Crippen molar-refractivity contribution in [1.82, 2.24) is 15.1 Å². The van der Waals surface area contributed by atoms with Crippen molar-refractivity contribution in [3.8, 4) is 0 Å². The van der Waals surface area contributed by atoms with Crippen LogP contribution in [0.1, 0.15) is 55.7 Å². The molecule has 21 heavy (non-hydrogen) atoms. The van der Waals surface area contributed by atoms with Gasteiger partial charge in [0.15, 0.2) is 0 Å². The van der Waals surface area contributed by atoms with Crippen molar-refractivity contribution in [2.24, 2.45) is 5.41 Å². The number of rotatable bonds is 6. The molecule has 0 bridgehead atoms. The van der Waals surface area contributed by atoms with Crippen LogP contribution in [0.2, 0.25) is 0 Å². The van der Waals surface area contributed by atoms with Crippen LogP contribution in [0.25, 0.3) is 0 Å². The van der Waals surface area contributed by atoms with E-state index in [1.54, 1.807) is 10.7 Å². The highest BCUT2D eigenvalue weighted by Gasteiger charge is 2.41. The van der Waals surface area contributed by atoms with Crippen molar-refractivity contribution in [2.75, 3.05) is 6.54 Å². The largest absolute Gasteiger partial charge is 0.481 e. The molecular weight excluding hydrogens is 270 g/mol. The predicted octanol–water partition coefficient (Wildman–Crippen LogP) is 1.84. The summed E-state index contributed by atoms with van der Waals surface area (Å²) in [6, 6.07) is 1.78. The summed E-state index contributed by atoms with van der Waals surface area (Å²) in [5, 5.41) is 16.6. The quantitative estimate of drug-likeness (QED) is 0.838. The molecule has 0 radical (unpaired) electrons. The lowest BCUT2D eigenvalue weighted by molar-refractivity contribution is -0.148. The molecule has 0 atom stereocenters. The first kappa shape index (κ1) is 15.5. The third kappa shape index (κ3) is 3.09. The number of amides is 1. The zero-order valence-electron chi connectivity index (χ0n) is 12.7. The lowest BCUT2D eigenvalue weighted by atomic mass is 9.86. The molecule has 6 heteroatoms. The van der Waals surface area contributed by atoms with Crippen molar-refractivity contribution in [1.29, 1.82) is 0 Å². The average Bonchev–Trinajstić information content (AvgIpc) is 3.11. The smallest absolute Gasteiger partial charge is 0.311 e. The highest BCUT2D eigenvalue weighted by atomic mass is 16.4. The van der Waals surface area contributed by atoms with E-state index in [4.69, 9.17) is 0 Å². The maximum Gasteiger partial charge on any atom is 0.311 e. The Morgan fingerprint density at radius 1 is 1.38 bits per heavy atom. The van der Waals surface area contributed by atoms with E-state index in [0.29, 0.717) is 25.1 Å². The molecule has 0 aromatic carbocycles. The summed E-state index contributed by atoms with van der Waals surface area (Å²) in [6.45, 7) is 4.73. The van der Waals surface area contributed by atoms with Crippen LogP contribution in [-0.4, -0.2) is 33.3 Å². The van der Waals surface area contributed by atoms with Gasteiger partial charge in [0.2, 0.25) is 0 Å². The van der Waals surface area contributed by atoms with E-state index < -0.39 is 11.4 Å². The summed E-state index contributed by atoms with van der Waals surface area (Å²) in [5.41, 5.74) is 0.587. The number of hydrogen-bond acceptors (Lipinski definition) is 3. The van der Waals surface area contributed by atoms with E-state index in [2.05, 4.69) is 10.4 Å². The molecular formula is C15H23N3O3. The van der Waals surface area contributed by atoms with E-state index in [1.807, 2.05) is 13.8 Å². The van der Waals surface area contributed by atoms with Gasteiger partial charge >= 0.3 is 5.97 Å². The third-order valence-electron chi connectivity index (χ3n) is 4.33. The molecule has 1 heterocycles. The Labute approximate surface area is 124 Å². The van der Waals surface area contributed by atoms with Crippen molar-refractivity contribution < 1.29 is 14.7 Å². The van der Waals surface area contributed by atoms with Crippen molar-refractivity contribution in [3.63, 3.8) is 0 Å². The average molecular weight is 293 g/mol. The van der Waals surface area contributed by atoms with Crippen LogP contribution in [0, 0.1) is 5.41 Å². The second-order valence-corrected chi connectivity index (χ2v) is 5.67. The normalized spacial score (nSPS) is 16.9. The van der Waals surface area contributed by atoms with E-state index in [0.717, 1.165) is 25.0 Å². The monoisotopic (exact) mass is 293 g/mol. The van der Waals surface area contributed by atoms with Crippen LogP contribution in [-0.2, 0) is 17.8 Å². The Morgan fingerprint density at radius 2 is 2.05 bits per heavy atom. The molecule has 116 valence electrons. The Balaban J connectivity index is 2.07. The van der Waals surface area contributed by atoms with Crippen LogP contribution >= 0.6 is 0 Å². The first-order chi connectivity index (χ1) is 10.0. The Hall–Kier alpha value is -1.85. The Morgan fingerprint density at radius 3 is 2.57 bits per heavy atom. The molecule has 0 aliphatic heterocycles. The van der Waals surface area contributed by atoms with Crippen LogP contribution in [0.4, 0.5) is 0 Å². The molecule has 1 aliphatic carbocycles. The summed E-state index contributed by atoms with van der Waals surface area (Å²) in [5.74, 6) is -1.05. The van der Waals surface area contributed by atoms with Gasteiger partial charge in [0, 0.05) is 13.1 Å². The van der Waals surface area contributed by atoms with E-state index >= 15 is 0 Å². The molecule has 0 saturated heterocycles. The van der Waals surface area contributed by atoms with E-state index in [9.17, 15) is 14.7 Å². The lowest BCUT2D eigenvalue weighted by Crippen LogP contribution is -2.41. The summed E-state index contributed by atoms with van der Waals surface area (Å²) >= 11 is 0. The summed E-state index contributed by atoms with van der Waals surface area (Å²) in [6.07, 6.45) is 3.86. The number of nitrogens with one attached hydrogen (secondary N) is 1. The fourth-order valence-electron chi connectivity index (χ4n) is 2.92. The maximum absolute atomic E-state index is 12.3. The number of aliphatic carboxylic acids is 1. The minimum absolute atomic E-state index is 0.192. The van der Waals surface area contributed by atoms with Gasteiger partial charge in [0.25, 0.3) is 5.91 Å². The van der Waals surface area contributed by atoms with Crippen LogP contribution < -0.4 is 5.32 Å². The minimum Gasteiger partial charge on any atom is -0.481 e. The number of carbonyl (C=O) groups is 2. The molecule has 2 N–H and O–H groups in total. The standard InChI is InChI=1S/C15H23N3O3/c1-3-11-9-12(18(4-2)17-11)13(19)16-10-15(14(20)21)7-5-6-8-15/h9H,3-8,10H2,1-2H3,(H,16,19)(H,20,21). The van der Waals surface area contributed by atoms with Gasteiger partial charge in [-0.05, 0) is 32.3 Å². The molecule has 0 spiro atoms. The maximum atomic E-state index is 12.3. The zero-order valence-corrected chi connectivity index (χ0v) is 12.7. The third-order valence-corrected chi connectivity index (χ3v) is 4.33. The van der Waals surface area contributed by atoms with Gasteiger partial charge in [0.05, 0.1) is 11.1 Å². The minimum atomic E-state index is -0.807. The number of aryl methyl sites for hydroxylation is 2. The molecule has 1 fully saturated rings. The second-order valence-electron chi connectivity index (χ2n) is 5.67. The second kappa shape index (κ2) is 6.28. The van der Waals surface area contributed by atoms with Crippen molar-refractivity contribution >= 4 is 11.9 Å². The fourth-order valence-corrected chi connectivity index (χ4v) is 2.92. The number of aromatic nitrogens is 2. The zero-order chi connectivity index (χ0) is 15.5. The van der Waals surface area contributed by atoms with Gasteiger partial charge in [-0.2, -0.15) is 5.10 Å². The summed E-state index contributed by atoms with van der Waals surface area (Å²) in [7, 11) is 0. The molecule has 1 amide bonds. The van der Waals surface area contributed by atoms with Crippen molar-refractivity contribution in [2.45, 2.75) is 52.5 Å². The molecule has 1 aromatic heterocycles. The van der Waals surface area contributed by atoms with E-state index in [-0.39, 0.29) is 12.5 Å². The van der Waals surface area contributed by atoms with E-state index in [1.165, 1.54) is 0 Å². The number of carboxylic acid groups (broad SMARTS) is 1. The molecule has 1 aliphatic rings. The first-order valence-corrected chi connectivity index (χ1v) is 7.60. The highest BCUT2D eigenvalue weighted by Crippen LogP contribution is 2.37. The molecule has 1 saturated carbocycles. The topological polar surface area (TPSA) is 84.2 Å². The Kier molecular flexibility index (Phi) is 4.65. The summed E-state index contributed by atoms with van der Waals surface area (Å²) < 4.78 is 1.66. The van der Waals surface area contributed by atoms with Gasteiger partial charge in [-0.3, -0.25) is 14.3 Å². The van der Waals surface area contributed by atoms with Gasteiger partial charge in [-0.25, -0.2) is 0 Å². The van der Waals surface area contributed by atoms with Crippen molar-refractivity contribution in [3.05, 3.63) is 17.5 Å². The predicted molar refractivity (Wildman–Crippen MR) is 78.1 cm³/mol.